The summed E-state index contributed by atoms with van der Waals surface area (Å²) in [6.07, 6.45) is 0.493. The van der Waals surface area contributed by atoms with Gasteiger partial charge in [0.1, 0.15) is 0 Å². The summed E-state index contributed by atoms with van der Waals surface area (Å²) in [6, 6.07) is 9.52. The van der Waals surface area contributed by atoms with Crippen molar-refractivity contribution in [2.24, 2.45) is 0 Å². The maximum atomic E-state index is 12.3. The first-order valence-corrected chi connectivity index (χ1v) is 8.19. The predicted molar refractivity (Wildman–Crippen MR) is 96.5 cm³/mol. The van der Waals surface area contributed by atoms with Gasteiger partial charge >= 0.3 is 12.6 Å². The van der Waals surface area contributed by atoms with E-state index in [1.54, 1.807) is 24.3 Å². The Morgan fingerprint density at radius 2 is 1.96 bits per heavy atom. The third-order valence-electron chi connectivity index (χ3n) is 3.57. The molecule has 0 aliphatic carbocycles. The Bertz CT molecular complexity index is 772. The molecule has 26 heavy (non-hydrogen) atoms. The van der Waals surface area contributed by atoms with Crippen LogP contribution in [-0.2, 0) is 6.42 Å². The van der Waals surface area contributed by atoms with Gasteiger partial charge in [0.2, 0.25) is 0 Å². The molecular weight excluding hydrogens is 366 g/mol. The molecule has 2 amide bonds. The van der Waals surface area contributed by atoms with E-state index in [4.69, 9.17) is 16.3 Å². The number of aryl methyl sites for hydroxylation is 1. The Labute approximate surface area is 155 Å². The van der Waals surface area contributed by atoms with E-state index in [2.05, 4.69) is 15.4 Å². The number of halogens is 3. The smallest absolute Gasteiger partial charge is 0.387 e. The SMILES string of the molecule is COc1cc(CCNC(=O)Nc2ccc(C)c(Cl)c2)ccc1OC(F)F. The van der Waals surface area contributed by atoms with E-state index in [1.165, 1.54) is 13.2 Å². The molecule has 0 saturated carbocycles. The monoisotopic (exact) mass is 384 g/mol. The summed E-state index contributed by atoms with van der Waals surface area (Å²) in [5, 5.41) is 5.97. The zero-order valence-electron chi connectivity index (χ0n) is 14.3. The summed E-state index contributed by atoms with van der Waals surface area (Å²) in [5.41, 5.74) is 2.32. The Morgan fingerprint density at radius 1 is 1.19 bits per heavy atom. The summed E-state index contributed by atoms with van der Waals surface area (Å²) in [5.74, 6) is 0.176. The molecule has 0 aromatic heterocycles. The topological polar surface area (TPSA) is 59.6 Å². The number of carbonyl (C=O) groups excluding carboxylic acids is 1. The molecule has 0 aliphatic rings. The van der Waals surface area contributed by atoms with Gasteiger partial charge in [-0.1, -0.05) is 23.7 Å². The zero-order valence-corrected chi connectivity index (χ0v) is 15.1. The molecule has 0 fully saturated rings. The van der Waals surface area contributed by atoms with Crippen LogP contribution < -0.4 is 20.1 Å². The highest BCUT2D eigenvalue weighted by Gasteiger charge is 2.11. The van der Waals surface area contributed by atoms with E-state index in [9.17, 15) is 13.6 Å². The van der Waals surface area contributed by atoms with Crippen molar-refractivity contribution in [2.45, 2.75) is 20.0 Å². The van der Waals surface area contributed by atoms with Crippen molar-refractivity contribution in [1.29, 1.82) is 0 Å². The molecule has 8 heteroatoms. The number of methoxy groups -OCH3 is 1. The summed E-state index contributed by atoms with van der Waals surface area (Å²) in [7, 11) is 1.37. The average molecular weight is 385 g/mol. The molecule has 0 unspecified atom stereocenters. The first-order chi connectivity index (χ1) is 12.4. The van der Waals surface area contributed by atoms with Gasteiger partial charge in [0.25, 0.3) is 0 Å². The van der Waals surface area contributed by atoms with Gasteiger partial charge in [0, 0.05) is 17.3 Å². The number of benzene rings is 2. The van der Waals surface area contributed by atoms with Crippen molar-refractivity contribution in [2.75, 3.05) is 19.0 Å². The van der Waals surface area contributed by atoms with Crippen LogP contribution in [0.15, 0.2) is 36.4 Å². The second-order valence-electron chi connectivity index (χ2n) is 5.46. The highest BCUT2D eigenvalue weighted by Crippen LogP contribution is 2.29. The number of amides is 2. The van der Waals surface area contributed by atoms with Gasteiger partial charge in [-0.05, 0) is 48.7 Å². The first kappa shape index (κ1) is 19.8. The molecule has 2 aromatic carbocycles. The lowest BCUT2D eigenvalue weighted by Crippen LogP contribution is -2.30. The standard InChI is InChI=1S/C18H19ClF2N2O3/c1-11-3-5-13(10-14(11)19)23-18(24)22-8-7-12-4-6-15(26-17(20)21)16(9-12)25-2/h3-6,9-10,17H,7-8H2,1-2H3,(H2,22,23,24). The quantitative estimate of drug-likeness (QED) is 0.732. The van der Waals surface area contributed by atoms with Crippen LogP contribution in [0, 0.1) is 6.92 Å². The summed E-state index contributed by atoms with van der Waals surface area (Å²) < 4.78 is 34.0. The van der Waals surface area contributed by atoms with E-state index in [0.717, 1.165) is 11.1 Å². The Morgan fingerprint density at radius 3 is 2.62 bits per heavy atom. The maximum absolute atomic E-state index is 12.3. The number of rotatable bonds is 7. The van der Waals surface area contributed by atoms with Gasteiger partial charge in [-0.25, -0.2) is 4.79 Å². The van der Waals surface area contributed by atoms with Gasteiger partial charge in [0.05, 0.1) is 7.11 Å². The minimum atomic E-state index is -2.92. The fraction of sp³-hybridized carbons (Fsp3) is 0.278. The van der Waals surface area contributed by atoms with Gasteiger partial charge < -0.3 is 20.1 Å². The molecule has 5 nitrogen and oxygen atoms in total. The van der Waals surface area contributed by atoms with Crippen LogP contribution in [0.3, 0.4) is 0 Å². The molecule has 2 rings (SSSR count). The van der Waals surface area contributed by atoms with Crippen molar-refractivity contribution >= 4 is 23.3 Å². The Balaban J connectivity index is 1.86. The molecule has 0 aliphatic heterocycles. The normalized spacial score (nSPS) is 10.5. The number of nitrogens with one attached hydrogen (secondary N) is 2. The number of hydrogen-bond donors (Lipinski definition) is 2. The number of carbonyl (C=O) groups is 1. The van der Waals surface area contributed by atoms with Crippen LogP contribution >= 0.6 is 11.6 Å². The lowest BCUT2D eigenvalue weighted by molar-refractivity contribution is -0.0512. The Kier molecular flexibility index (Phi) is 7.03. The number of hydrogen-bond acceptors (Lipinski definition) is 3. The molecule has 0 spiro atoms. The lowest BCUT2D eigenvalue weighted by atomic mass is 10.1. The van der Waals surface area contributed by atoms with Crippen LogP contribution in [0.5, 0.6) is 11.5 Å². The second-order valence-corrected chi connectivity index (χ2v) is 5.87. The molecule has 0 atom stereocenters. The fourth-order valence-electron chi connectivity index (χ4n) is 2.23. The van der Waals surface area contributed by atoms with Gasteiger partial charge in [0.15, 0.2) is 11.5 Å². The zero-order chi connectivity index (χ0) is 19.1. The second kappa shape index (κ2) is 9.24. The average Bonchev–Trinajstić information content (AvgIpc) is 2.59. The van der Waals surface area contributed by atoms with E-state index < -0.39 is 6.61 Å². The van der Waals surface area contributed by atoms with Crippen molar-refractivity contribution in [3.63, 3.8) is 0 Å². The van der Waals surface area contributed by atoms with Crippen molar-refractivity contribution in [1.82, 2.24) is 5.32 Å². The molecule has 0 saturated heterocycles. The predicted octanol–water partition coefficient (Wildman–Crippen LogP) is 4.62. The van der Waals surface area contributed by atoms with E-state index in [1.807, 2.05) is 13.0 Å². The van der Waals surface area contributed by atoms with E-state index >= 15 is 0 Å². The van der Waals surface area contributed by atoms with Crippen molar-refractivity contribution < 1.29 is 23.0 Å². The summed E-state index contributed by atoms with van der Waals surface area (Å²) >= 11 is 6.01. The van der Waals surface area contributed by atoms with Crippen LogP contribution in [-0.4, -0.2) is 26.3 Å². The minimum Gasteiger partial charge on any atom is -0.493 e. The van der Waals surface area contributed by atoms with Crippen molar-refractivity contribution in [3.05, 3.63) is 52.5 Å². The first-order valence-electron chi connectivity index (χ1n) is 7.81. The number of alkyl halides is 2. The summed E-state index contributed by atoms with van der Waals surface area (Å²) in [4.78, 5) is 11.9. The largest absolute Gasteiger partial charge is 0.493 e. The fourth-order valence-corrected chi connectivity index (χ4v) is 2.41. The molecule has 0 bridgehead atoms. The molecule has 0 heterocycles. The van der Waals surface area contributed by atoms with E-state index in [0.29, 0.717) is 23.7 Å². The van der Waals surface area contributed by atoms with Crippen LogP contribution in [0.25, 0.3) is 0 Å². The number of anilines is 1. The highest BCUT2D eigenvalue weighted by atomic mass is 35.5. The van der Waals surface area contributed by atoms with Gasteiger partial charge in [-0.15, -0.1) is 0 Å². The molecular formula is C18H19ClF2N2O3. The lowest BCUT2D eigenvalue weighted by Gasteiger charge is -2.12. The van der Waals surface area contributed by atoms with Crippen LogP contribution in [0.1, 0.15) is 11.1 Å². The van der Waals surface area contributed by atoms with Crippen LogP contribution in [0.2, 0.25) is 5.02 Å². The molecule has 0 radical (unpaired) electrons. The third-order valence-corrected chi connectivity index (χ3v) is 3.98. The number of ether oxygens (including phenoxy) is 2. The van der Waals surface area contributed by atoms with Gasteiger partial charge in [-0.2, -0.15) is 8.78 Å². The Hall–Kier alpha value is -2.54. The summed E-state index contributed by atoms with van der Waals surface area (Å²) in [6.45, 7) is -0.697. The third kappa shape index (κ3) is 5.77. The van der Waals surface area contributed by atoms with Gasteiger partial charge in [-0.3, -0.25) is 0 Å². The van der Waals surface area contributed by atoms with Crippen molar-refractivity contribution in [3.8, 4) is 11.5 Å². The highest BCUT2D eigenvalue weighted by molar-refractivity contribution is 6.31. The molecule has 2 N–H and O–H groups in total. The maximum Gasteiger partial charge on any atom is 0.387 e. The molecule has 140 valence electrons. The molecule has 2 aromatic rings. The minimum absolute atomic E-state index is 0.0341. The number of urea groups is 1. The van der Waals surface area contributed by atoms with Crippen LogP contribution in [0.4, 0.5) is 19.3 Å². The van der Waals surface area contributed by atoms with E-state index in [-0.39, 0.29) is 17.5 Å².